The zero-order chi connectivity index (χ0) is 17.9. The van der Waals surface area contributed by atoms with E-state index < -0.39 is 5.82 Å². The van der Waals surface area contributed by atoms with E-state index in [0.29, 0.717) is 17.1 Å². The minimum absolute atomic E-state index is 0.275. The van der Waals surface area contributed by atoms with E-state index in [1.54, 1.807) is 53.5 Å². The Morgan fingerprint density at radius 2 is 1.88 bits per heavy atom. The third kappa shape index (κ3) is 3.07. The average molecular weight is 348 g/mol. The summed E-state index contributed by atoms with van der Waals surface area (Å²) in [6, 6.07) is 11.5. The lowest BCUT2D eigenvalue weighted by atomic mass is 10.3. The number of halogens is 1. The number of nitrogens with one attached hydrogen (secondary N) is 1. The van der Waals surface area contributed by atoms with Crippen molar-refractivity contribution in [2.75, 3.05) is 5.32 Å². The first-order valence-corrected chi connectivity index (χ1v) is 7.78. The number of hydrogen-bond acceptors (Lipinski definition) is 4. The monoisotopic (exact) mass is 348 g/mol. The number of carbonyl (C=O) groups is 1. The third-order valence-electron chi connectivity index (χ3n) is 3.69. The van der Waals surface area contributed by atoms with Crippen LogP contribution in [0.5, 0.6) is 0 Å². The number of nitrogens with zero attached hydrogens (tertiary/aromatic N) is 5. The molecule has 4 rings (SSSR count). The molecule has 128 valence electrons. The van der Waals surface area contributed by atoms with Crippen molar-refractivity contribution in [2.24, 2.45) is 0 Å². The fourth-order valence-corrected chi connectivity index (χ4v) is 2.41. The fourth-order valence-electron chi connectivity index (χ4n) is 2.41. The first-order chi connectivity index (χ1) is 12.7. The first-order valence-electron chi connectivity index (χ1n) is 7.78. The molecule has 0 bridgehead atoms. The Balaban J connectivity index is 1.49. The summed E-state index contributed by atoms with van der Waals surface area (Å²) in [5.41, 5.74) is 1.12. The number of benzene rings is 1. The minimum Gasteiger partial charge on any atom is -0.320 e. The van der Waals surface area contributed by atoms with E-state index in [4.69, 9.17) is 0 Å². The van der Waals surface area contributed by atoms with Gasteiger partial charge in [0.25, 0.3) is 5.91 Å². The Morgan fingerprint density at radius 3 is 2.62 bits per heavy atom. The number of pyridine rings is 1. The van der Waals surface area contributed by atoms with Crippen molar-refractivity contribution in [3.63, 3.8) is 0 Å². The second-order valence-corrected chi connectivity index (χ2v) is 5.43. The molecule has 0 unspecified atom stereocenters. The van der Waals surface area contributed by atoms with Crippen LogP contribution in [0.15, 0.2) is 73.4 Å². The smallest absolute Gasteiger partial charge is 0.258 e. The minimum atomic E-state index is -0.416. The highest BCUT2D eigenvalue weighted by Crippen LogP contribution is 2.14. The maximum Gasteiger partial charge on any atom is 0.258 e. The molecule has 7 nitrogen and oxygen atoms in total. The van der Waals surface area contributed by atoms with Gasteiger partial charge in [-0.05, 0) is 30.3 Å². The number of amides is 1. The van der Waals surface area contributed by atoms with Gasteiger partial charge in [-0.3, -0.25) is 4.79 Å². The van der Waals surface area contributed by atoms with Gasteiger partial charge in [-0.25, -0.2) is 18.7 Å². The number of rotatable bonds is 4. The van der Waals surface area contributed by atoms with E-state index in [1.165, 1.54) is 29.3 Å². The summed E-state index contributed by atoms with van der Waals surface area (Å²) in [5.74, 6) is -0.137. The van der Waals surface area contributed by atoms with Crippen molar-refractivity contribution in [3.8, 4) is 11.5 Å². The number of hydrogen-bond donors (Lipinski definition) is 1. The highest BCUT2D eigenvalue weighted by atomic mass is 19.1. The summed E-state index contributed by atoms with van der Waals surface area (Å²) >= 11 is 0. The van der Waals surface area contributed by atoms with E-state index in [-0.39, 0.29) is 11.6 Å². The molecule has 3 heterocycles. The topological polar surface area (TPSA) is 77.6 Å². The Bertz CT molecular complexity index is 1040. The number of anilines is 1. The largest absolute Gasteiger partial charge is 0.320 e. The van der Waals surface area contributed by atoms with Crippen molar-refractivity contribution < 1.29 is 9.18 Å². The maximum absolute atomic E-state index is 13.8. The van der Waals surface area contributed by atoms with Gasteiger partial charge in [0.1, 0.15) is 11.5 Å². The van der Waals surface area contributed by atoms with Gasteiger partial charge in [-0.15, -0.1) is 0 Å². The van der Waals surface area contributed by atoms with Crippen LogP contribution in [0.25, 0.3) is 11.5 Å². The van der Waals surface area contributed by atoms with Gasteiger partial charge >= 0.3 is 0 Å². The van der Waals surface area contributed by atoms with E-state index in [2.05, 4.69) is 20.5 Å². The molecule has 0 aliphatic heterocycles. The summed E-state index contributed by atoms with van der Waals surface area (Å²) in [6.45, 7) is 0. The van der Waals surface area contributed by atoms with Gasteiger partial charge < -0.3 is 5.32 Å². The Labute approximate surface area is 147 Å². The van der Waals surface area contributed by atoms with E-state index in [9.17, 15) is 9.18 Å². The van der Waals surface area contributed by atoms with Crippen molar-refractivity contribution in [3.05, 3.63) is 84.8 Å². The SMILES string of the molecule is O=C(Nc1ccc(-n2cccn2)nc1)c1cnn(-c2ccccc2F)c1. The van der Waals surface area contributed by atoms with Gasteiger partial charge in [0.05, 0.1) is 23.6 Å². The second-order valence-electron chi connectivity index (χ2n) is 5.43. The summed E-state index contributed by atoms with van der Waals surface area (Å²) in [4.78, 5) is 16.6. The Kier molecular flexibility index (Phi) is 3.98. The molecule has 8 heteroatoms. The van der Waals surface area contributed by atoms with Crippen LogP contribution in [0.4, 0.5) is 10.1 Å². The van der Waals surface area contributed by atoms with Crippen molar-refractivity contribution in [1.29, 1.82) is 0 Å². The van der Waals surface area contributed by atoms with Gasteiger partial charge in [0.15, 0.2) is 5.82 Å². The fraction of sp³-hybridized carbons (Fsp3) is 0. The zero-order valence-electron chi connectivity index (χ0n) is 13.5. The van der Waals surface area contributed by atoms with Gasteiger partial charge in [0.2, 0.25) is 0 Å². The van der Waals surface area contributed by atoms with Crippen LogP contribution >= 0.6 is 0 Å². The molecule has 3 aromatic heterocycles. The quantitative estimate of drug-likeness (QED) is 0.615. The Morgan fingerprint density at radius 1 is 1.00 bits per heavy atom. The average Bonchev–Trinajstić information content (AvgIpc) is 3.35. The summed E-state index contributed by atoms with van der Waals surface area (Å²) < 4.78 is 16.7. The van der Waals surface area contributed by atoms with Crippen LogP contribution < -0.4 is 5.32 Å². The van der Waals surface area contributed by atoms with Crippen LogP contribution in [-0.4, -0.2) is 30.5 Å². The normalized spacial score (nSPS) is 10.7. The summed E-state index contributed by atoms with van der Waals surface area (Å²) in [5, 5.41) is 10.9. The lowest BCUT2D eigenvalue weighted by Crippen LogP contribution is -2.11. The van der Waals surface area contributed by atoms with Crippen molar-refractivity contribution in [2.45, 2.75) is 0 Å². The van der Waals surface area contributed by atoms with Gasteiger partial charge in [-0.2, -0.15) is 10.2 Å². The number of aromatic nitrogens is 5. The molecule has 4 aromatic rings. The van der Waals surface area contributed by atoms with Crippen LogP contribution in [0.2, 0.25) is 0 Å². The molecular weight excluding hydrogens is 335 g/mol. The van der Waals surface area contributed by atoms with Gasteiger partial charge in [0, 0.05) is 18.6 Å². The lowest BCUT2D eigenvalue weighted by Gasteiger charge is -2.05. The van der Waals surface area contributed by atoms with E-state index >= 15 is 0 Å². The predicted molar refractivity (Wildman–Crippen MR) is 92.8 cm³/mol. The highest BCUT2D eigenvalue weighted by Gasteiger charge is 2.12. The molecule has 1 amide bonds. The molecule has 0 spiro atoms. The molecule has 0 radical (unpaired) electrons. The first kappa shape index (κ1) is 15.7. The van der Waals surface area contributed by atoms with Crippen LogP contribution in [0, 0.1) is 5.82 Å². The standard InChI is InChI=1S/C18H13FN6O/c19-15-4-1-2-5-16(15)25-12-13(10-22-25)18(26)23-14-6-7-17(20-11-14)24-9-3-8-21-24/h1-12H,(H,23,26). The van der Waals surface area contributed by atoms with Crippen LogP contribution in [0.1, 0.15) is 10.4 Å². The molecular formula is C18H13FN6O. The van der Waals surface area contributed by atoms with Crippen molar-refractivity contribution >= 4 is 11.6 Å². The van der Waals surface area contributed by atoms with Crippen molar-refractivity contribution in [1.82, 2.24) is 24.5 Å². The summed E-state index contributed by atoms with van der Waals surface area (Å²) in [6.07, 6.45) is 7.82. The second kappa shape index (κ2) is 6.60. The summed E-state index contributed by atoms with van der Waals surface area (Å²) in [7, 11) is 0. The molecule has 0 aliphatic carbocycles. The van der Waals surface area contributed by atoms with Crippen LogP contribution in [0.3, 0.4) is 0 Å². The molecule has 1 aromatic carbocycles. The van der Waals surface area contributed by atoms with E-state index in [0.717, 1.165) is 0 Å². The molecule has 0 saturated carbocycles. The zero-order valence-corrected chi connectivity index (χ0v) is 13.5. The van der Waals surface area contributed by atoms with E-state index in [1.807, 2.05) is 0 Å². The highest BCUT2D eigenvalue weighted by molar-refractivity contribution is 6.03. The van der Waals surface area contributed by atoms with Gasteiger partial charge in [-0.1, -0.05) is 12.1 Å². The molecule has 26 heavy (non-hydrogen) atoms. The maximum atomic E-state index is 13.8. The molecule has 0 fully saturated rings. The molecule has 0 aliphatic rings. The van der Waals surface area contributed by atoms with Crippen LogP contribution in [-0.2, 0) is 0 Å². The predicted octanol–water partition coefficient (Wildman–Crippen LogP) is 2.84. The number of para-hydroxylation sites is 1. The molecule has 0 saturated heterocycles. The Hall–Kier alpha value is -3.81. The third-order valence-corrected chi connectivity index (χ3v) is 3.69. The molecule has 1 N–H and O–H groups in total. The lowest BCUT2D eigenvalue weighted by molar-refractivity contribution is 0.102. The number of carbonyl (C=O) groups excluding carboxylic acids is 1. The molecule has 0 atom stereocenters.